The van der Waals surface area contributed by atoms with Crippen molar-refractivity contribution < 1.29 is 68.1 Å². The summed E-state index contributed by atoms with van der Waals surface area (Å²) in [6.45, 7) is -0.205. The topological polar surface area (TPSA) is 367 Å². The molecule has 4 aromatic carbocycles. The van der Waals surface area contributed by atoms with Gasteiger partial charge in [-0.2, -0.15) is 0 Å². The maximum atomic E-state index is 14.8. The summed E-state index contributed by atoms with van der Waals surface area (Å²) in [5.41, 5.74) is 2.85. The normalized spacial score (nSPS) is 22.3. The summed E-state index contributed by atoms with van der Waals surface area (Å²) < 4.78 is 0. The number of carbonyl (C=O) groups excluding carboxylic acids is 10. The Morgan fingerprint density at radius 1 is 0.540 bits per heavy atom. The first-order chi connectivity index (χ1) is 41.8. The van der Waals surface area contributed by atoms with E-state index in [1.165, 1.54) is 43.4 Å². The average Bonchev–Trinajstić information content (AvgIpc) is 4.20. The quantitative estimate of drug-likeness (QED) is 0.0688. The first-order valence-electron chi connectivity index (χ1n) is 29.0. The second-order valence-electron chi connectivity index (χ2n) is 21.7. The molecule has 87 heavy (non-hydrogen) atoms. The van der Waals surface area contributed by atoms with Crippen LogP contribution in [-0.2, 0) is 78.4 Å². The number of rotatable bonds is 14. The number of nitrogens with zero attached hydrogens (tertiary/aromatic N) is 2. The molecule has 2 saturated heterocycles. The van der Waals surface area contributed by atoms with Crippen LogP contribution < -0.4 is 42.5 Å². The second kappa shape index (κ2) is 31.4. The van der Waals surface area contributed by atoms with Crippen molar-refractivity contribution >= 4 is 75.9 Å². The van der Waals surface area contributed by atoms with Crippen molar-refractivity contribution in [1.29, 1.82) is 0 Å². The van der Waals surface area contributed by atoms with Crippen LogP contribution in [0.1, 0.15) is 80.5 Å². The SMILES string of the molecule is CCCCC[C@@H]1NC(=O)[C@H](Cc2ccc(O)cc2)NC(=O)[C@H](Cc2ccccc2)N(C)C(=O)CNC(=O)CNC(=O)[C@H]2CCCCN2C(=O)[C@H](CC(=O)O)NC(=O)[C@H](Cc2ccc(O)cc2)NC(=O)CNC(=O)[C@H](Cc2c[nH]c3ccccc23)NC1=O. The van der Waals surface area contributed by atoms with Gasteiger partial charge in [0.05, 0.1) is 26.1 Å². The molecule has 5 aromatic rings. The molecule has 3 heterocycles. The Bertz CT molecular complexity index is 3270. The minimum atomic E-state index is -1.78. The fraction of sp³-hybridized carbons (Fsp3) is 0.403. The highest BCUT2D eigenvalue weighted by molar-refractivity contribution is 5.99. The van der Waals surface area contributed by atoms with Crippen molar-refractivity contribution in [2.24, 2.45) is 0 Å². The zero-order valence-corrected chi connectivity index (χ0v) is 48.5. The zero-order chi connectivity index (χ0) is 62.6. The molecule has 7 atom stereocenters. The lowest BCUT2D eigenvalue weighted by atomic mass is 9.99. The van der Waals surface area contributed by atoms with E-state index in [2.05, 4.69) is 47.5 Å². The van der Waals surface area contributed by atoms with Crippen LogP contribution in [0, 0.1) is 0 Å². The van der Waals surface area contributed by atoms with Crippen LogP contribution in [0.4, 0.5) is 0 Å². The fourth-order valence-corrected chi connectivity index (χ4v) is 10.5. The molecule has 462 valence electrons. The number of para-hydroxylation sites is 1. The van der Waals surface area contributed by atoms with Gasteiger partial charge < -0.3 is 72.6 Å². The Hall–Kier alpha value is -9.81. The molecule has 0 bridgehead atoms. The smallest absolute Gasteiger partial charge is 0.305 e. The third-order valence-electron chi connectivity index (χ3n) is 15.3. The first-order valence-corrected chi connectivity index (χ1v) is 29.0. The maximum Gasteiger partial charge on any atom is 0.305 e. The van der Waals surface area contributed by atoms with Crippen LogP contribution in [0.15, 0.2) is 109 Å². The predicted octanol–water partition coefficient (Wildman–Crippen LogP) is 0.899. The van der Waals surface area contributed by atoms with Crippen molar-refractivity contribution in [3.05, 3.63) is 132 Å². The number of fused-ring (bicyclic) bond motifs is 2. The van der Waals surface area contributed by atoms with Crippen LogP contribution in [0.5, 0.6) is 11.5 Å². The molecule has 7 rings (SSSR count). The Kier molecular flexibility index (Phi) is 23.3. The molecule has 0 aliphatic carbocycles. The molecule has 25 nitrogen and oxygen atoms in total. The highest BCUT2D eigenvalue weighted by Gasteiger charge is 2.39. The Balaban J connectivity index is 1.25. The van der Waals surface area contributed by atoms with Crippen LogP contribution in [0.2, 0.25) is 0 Å². The number of amides is 10. The molecular weight excluding hydrogens is 1120 g/mol. The van der Waals surface area contributed by atoms with Crippen molar-refractivity contribution in [2.45, 2.75) is 126 Å². The van der Waals surface area contributed by atoms with E-state index in [1.54, 1.807) is 54.7 Å². The highest BCUT2D eigenvalue weighted by Crippen LogP contribution is 2.22. The number of aromatic nitrogens is 1. The standard InChI is InChI=1S/C62H75N11O14/c1-3-4-6-17-45-57(82)69-48(31-40-33-63-44-16-10-9-15-43(40)44)56(81)65-35-53(77)67-46(28-38-19-23-41(74)24-20-38)58(83)71-49(32-55(79)80)62(87)73-27-12-11-18-50(73)60(85)66-34-52(76)64-36-54(78)72(2)51(30-37-13-7-5-8-14-37)61(86)70-47(59(84)68-45)29-39-21-25-42(75)26-22-39/h5,7-10,13-16,19-26,33,45-51,63,74-75H,3-4,6,11-12,17-18,27-32,34-36H2,1-2H3,(H,64,76)(H,65,81)(H,66,85)(H,67,77)(H,68,84)(H,69,82)(H,70,86)(H,71,83)(H,79,80)/t45-,46-,47-,48-,49-,50+,51-/m0/s1. The lowest BCUT2D eigenvalue weighted by molar-refractivity contribution is -0.148. The molecule has 0 radical (unpaired) electrons. The number of benzene rings is 4. The summed E-state index contributed by atoms with van der Waals surface area (Å²) >= 11 is 0. The van der Waals surface area contributed by atoms with Gasteiger partial charge in [0.25, 0.3) is 0 Å². The molecule has 10 amide bonds. The molecule has 12 N–H and O–H groups in total. The molecule has 0 saturated carbocycles. The Labute approximate surface area is 502 Å². The zero-order valence-electron chi connectivity index (χ0n) is 48.5. The number of aromatic hydroxyl groups is 2. The highest BCUT2D eigenvalue weighted by atomic mass is 16.4. The first kappa shape index (κ1) is 64.7. The minimum absolute atomic E-state index is 0.0372. The van der Waals surface area contributed by atoms with Crippen LogP contribution in [0.25, 0.3) is 10.9 Å². The summed E-state index contributed by atoms with van der Waals surface area (Å²) in [6.07, 6.45) is 2.89. The van der Waals surface area contributed by atoms with Gasteiger partial charge in [-0.05, 0) is 78.3 Å². The number of likely N-dealkylation sites (N-methyl/N-ethyl adjacent to an activating group) is 1. The van der Waals surface area contributed by atoms with E-state index in [0.717, 1.165) is 27.1 Å². The Morgan fingerprint density at radius 2 is 1.09 bits per heavy atom. The van der Waals surface area contributed by atoms with Gasteiger partial charge in [0.15, 0.2) is 0 Å². The van der Waals surface area contributed by atoms with E-state index in [0.29, 0.717) is 47.9 Å². The maximum absolute atomic E-state index is 14.8. The summed E-state index contributed by atoms with van der Waals surface area (Å²) in [7, 11) is 1.34. The predicted molar refractivity (Wildman–Crippen MR) is 317 cm³/mol. The molecule has 2 fully saturated rings. The number of carboxylic acid groups (broad SMARTS) is 1. The van der Waals surface area contributed by atoms with E-state index in [1.807, 2.05) is 25.1 Å². The van der Waals surface area contributed by atoms with Crippen molar-refractivity contribution in [1.82, 2.24) is 57.3 Å². The van der Waals surface area contributed by atoms with Gasteiger partial charge in [0.2, 0.25) is 59.1 Å². The number of hydrogen-bond donors (Lipinski definition) is 12. The number of nitrogens with one attached hydrogen (secondary N) is 9. The number of carbonyl (C=O) groups is 11. The number of carboxylic acids is 1. The van der Waals surface area contributed by atoms with Crippen LogP contribution >= 0.6 is 0 Å². The molecule has 2 aliphatic heterocycles. The number of phenolic OH excluding ortho intramolecular Hbond substituents is 2. The van der Waals surface area contributed by atoms with Gasteiger partial charge in [-0.25, -0.2) is 0 Å². The summed E-state index contributed by atoms with van der Waals surface area (Å²) in [6, 6.07) is 17.4. The van der Waals surface area contributed by atoms with Crippen LogP contribution in [-0.4, -0.2) is 171 Å². The number of H-pyrrole nitrogens is 1. The number of aliphatic carboxylic acids is 1. The van der Waals surface area contributed by atoms with Gasteiger partial charge in [-0.15, -0.1) is 0 Å². The molecule has 25 heteroatoms. The van der Waals surface area contributed by atoms with E-state index in [-0.39, 0.29) is 56.6 Å². The van der Waals surface area contributed by atoms with Crippen molar-refractivity contribution in [3.8, 4) is 11.5 Å². The molecule has 0 spiro atoms. The number of phenols is 2. The second-order valence-corrected chi connectivity index (χ2v) is 21.7. The molecule has 0 unspecified atom stereocenters. The van der Waals surface area contributed by atoms with Gasteiger partial charge in [0.1, 0.15) is 53.8 Å². The van der Waals surface area contributed by atoms with E-state index < -0.39 is 133 Å². The summed E-state index contributed by atoms with van der Waals surface area (Å²) in [4.78, 5) is 161. The van der Waals surface area contributed by atoms with Gasteiger partial charge in [-0.1, -0.05) is 99.0 Å². The minimum Gasteiger partial charge on any atom is -0.508 e. The third-order valence-corrected chi connectivity index (χ3v) is 15.3. The summed E-state index contributed by atoms with van der Waals surface area (Å²) in [5, 5.41) is 51.8. The number of piperidine rings is 1. The largest absolute Gasteiger partial charge is 0.508 e. The van der Waals surface area contributed by atoms with E-state index in [4.69, 9.17) is 0 Å². The monoisotopic (exact) mass is 1200 g/mol. The van der Waals surface area contributed by atoms with Crippen molar-refractivity contribution in [3.63, 3.8) is 0 Å². The number of hydrogen-bond acceptors (Lipinski definition) is 13. The Morgan fingerprint density at radius 3 is 1.75 bits per heavy atom. The molecule has 1 aromatic heterocycles. The van der Waals surface area contributed by atoms with Gasteiger partial charge in [0, 0.05) is 56.4 Å². The van der Waals surface area contributed by atoms with E-state index >= 15 is 0 Å². The van der Waals surface area contributed by atoms with E-state index in [9.17, 15) is 68.1 Å². The van der Waals surface area contributed by atoms with Crippen molar-refractivity contribution in [2.75, 3.05) is 33.2 Å². The van der Waals surface area contributed by atoms with Crippen LogP contribution in [0.3, 0.4) is 0 Å². The third kappa shape index (κ3) is 18.8. The summed E-state index contributed by atoms with van der Waals surface area (Å²) in [5.74, 6) is -10.2. The van der Waals surface area contributed by atoms with Gasteiger partial charge in [-0.3, -0.25) is 52.7 Å². The fourth-order valence-electron chi connectivity index (χ4n) is 10.5. The number of aromatic amines is 1. The lowest BCUT2D eigenvalue weighted by Gasteiger charge is -2.37. The lowest BCUT2D eigenvalue weighted by Crippen LogP contribution is -2.61. The molecule has 2 aliphatic rings. The van der Waals surface area contributed by atoms with Gasteiger partial charge >= 0.3 is 5.97 Å². The number of unbranched alkanes of at least 4 members (excludes halogenated alkanes) is 2. The average molecular weight is 1200 g/mol. The molecular formula is C62H75N11O14.